The second-order valence-electron chi connectivity index (χ2n) is 7.23. The van der Waals surface area contributed by atoms with E-state index in [1.807, 2.05) is 36.4 Å². The number of hydrogen-bond donors (Lipinski definition) is 2. The first-order chi connectivity index (χ1) is 13.6. The molecule has 142 valence electrons. The summed E-state index contributed by atoms with van der Waals surface area (Å²) in [4.78, 5) is 30.0. The van der Waals surface area contributed by atoms with Crippen molar-refractivity contribution in [3.8, 4) is 11.3 Å². The fraction of sp³-hybridized carbons (Fsp3) is 0.217. The minimum absolute atomic E-state index is 0.138. The summed E-state index contributed by atoms with van der Waals surface area (Å²) in [6, 6.07) is 21.5. The number of aromatic amines is 1. The van der Waals surface area contributed by atoms with Gasteiger partial charge in [0.25, 0.3) is 11.5 Å². The molecule has 2 N–H and O–H groups in total. The van der Waals surface area contributed by atoms with E-state index in [0.717, 1.165) is 18.5 Å². The molecule has 0 fully saturated rings. The number of carbonyl (C=O) groups is 1. The molecular weight excluding hydrogens is 350 g/mol. The fourth-order valence-corrected chi connectivity index (χ4v) is 3.69. The van der Waals surface area contributed by atoms with E-state index < -0.39 is 0 Å². The maximum Gasteiger partial charge on any atom is 0.261 e. The first-order valence-corrected chi connectivity index (χ1v) is 9.46. The van der Waals surface area contributed by atoms with Crippen LogP contribution in [0.25, 0.3) is 11.3 Å². The SMILES string of the molecule is CN1Cc2ccccc2C[C@H]1CNC(=O)c1ccc(-c2ccccc2)[nH]c1=O. The number of H-pyrrole nitrogens is 1. The number of nitrogens with zero attached hydrogens (tertiary/aromatic N) is 1. The Hall–Kier alpha value is -3.18. The Balaban J connectivity index is 1.44. The normalized spacial score (nSPS) is 16.4. The number of amides is 1. The van der Waals surface area contributed by atoms with Crippen LogP contribution in [0, 0.1) is 0 Å². The van der Waals surface area contributed by atoms with Crippen molar-refractivity contribution >= 4 is 5.91 Å². The van der Waals surface area contributed by atoms with E-state index in [1.54, 1.807) is 12.1 Å². The molecule has 1 aliphatic rings. The Bertz CT molecular complexity index is 1040. The number of fused-ring (bicyclic) bond motifs is 1. The summed E-state index contributed by atoms with van der Waals surface area (Å²) in [7, 11) is 2.06. The predicted octanol–water partition coefficient (Wildman–Crippen LogP) is 2.83. The third-order valence-corrected chi connectivity index (χ3v) is 5.35. The summed E-state index contributed by atoms with van der Waals surface area (Å²) < 4.78 is 0. The lowest BCUT2D eigenvalue weighted by Crippen LogP contribution is -2.46. The highest BCUT2D eigenvalue weighted by atomic mass is 16.2. The van der Waals surface area contributed by atoms with Gasteiger partial charge in [0.15, 0.2) is 0 Å². The van der Waals surface area contributed by atoms with E-state index in [4.69, 9.17) is 0 Å². The molecule has 1 aliphatic heterocycles. The Morgan fingerprint density at radius 1 is 1.04 bits per heavy atom. The maximum atomic E-state index is 12.6. The Labute approximate surface area is 164 Å². The van der Waals surface area contributed by atoms with Crippen molar-refractivity contribution in [3.05, 3.63) is 93.8 Å². The molecule has 28 heavy (non-hydrogen) atoms. The number of pyridine rings is 1. The first-order valence-electron chi connectivity index (χ1n) is 9.46. The fourth-order valence-electron chi connectivity index (χ4n) is 3.69. The largest absolute Gasteiger partial charge is 0.350 e. The molecule has 0 spiro atoms. The van der Waals surface area contributed by atoms with Crippen LogP contribution in [0.4, 0.5) is 0 Å². The Morgan fingerprint density at radius 2 is 1.75 bits per heavy atom. The van der Waals surface area contributed by atoms with Gasteiger partial charge < -0.3 is 10.3 Å². The molecular formula is C23H23N3O2. The molecule has 0 aliphatic carbocycles. The molecule has 5 nitrogen and oxygen atoms in total. The maximum absolute atomic E-state index is 12.6. The van der Waals surface area contributed by atoms with Gasteiger partial charge in [0.05, 0.1) is 0 Å². The van der Waals surface area contributed by atoms with Crippen molar-refractivity contribution in [2.45, 2.75) is 19.0 Å². The lowest BCUT2D eigenvalue weighted by atomic mass is 9.94. The molecule has 0 radical (unpaired) electrons. The predicted molar refractivity (Wildman–Crippen MR) is 110 cm³/mol. The van der Waals surface area contributed by atoms with Crippen molar-refractivity contribution in [1.82, 2.24) is 15.2 Å². The molecule has 0 saturated heterocycles. The summed E-state index contributed by atoms with van der Waals surface area (Å²) in [6.45, 7) is 1.37. The monoisotopic (exact) mass is 373 g/mol. The van der Waals surface area contributed by atoms with Crippen molar-refractivity contribution in [2.24, 2.45) is 0 Å². The van der Waals surface area contributed by atoms with Crippen molar-refractivity contribution in [3.63, 3.8) is 0 Å². The van der Waals surface area contributed by atoms with Crippen LogP contribution in [0.5, 0.6) is 0 Å². The average Bonchev–Trinajstić information content (AvgIpc) is 2.72. The third kappa shape index (κ3) is 3.75. The molecule has 1 aromatic heterocycles. The van der Waals surface area contributed by atoms with Crippen LogP contribution in [0.3, 0.4) is 0 Å². The smallest absolute Gasteiger partial charge is 0.261 e. The summed E-state index contributed by atoms with van der Waals surface area (Å²) in [5.41, 5.74) is 4.03. The number of rotatable bonds is 4. The van der Waals surface area contributed by atoms with Gasteiger partial charge in [0.2, 0.25) is 0 Å². The van der Waals surface area contributed by atoms with Crippen LogP contribution in [-0.2, 0) is 13.0 Å². The highest BCUT2D eigenvalue weighted by Gasteiger charge is 2.23. The van der Waals surface area contributed by atoms with E-state index in [9.17, 15) is 9.59 Å². The lowest BCUT2D eigenvalue weighted by Gasteiger charge is -2.34. The van der Waals surface area contributed by atoms with Crippen LogP contribution in [0.15, 0.2) is 71.5 Å². The van der Waals surface area contributed by atoms with Gasteiger partial charge in [-0.15, -0.1) is 0 Å². The van der Waals surface area contributed by atoms with Gasteiger partial charge in [-0.1, -0.05) is 54.6 Å². The molecule has 1 atom stereocenters. The summed E-state index contributed by atoms with van der Waals surface area (Å²) in [5.74, 6) is -0.340. The van der Waals surface area contributed by atoms with Gasteiger partial charge in [0, 0.05) is 24.8 Å². The van der Waals surface area contributed by atoms with Crippen molar-refractivity contribution in [2.75, 3.05) is 13.6 Å². The molecule has 0 saturated carbocycles. The van der Waals surface area contributed by atoms with Gasteiger partial charge in [0.1, 0.15) is 5.56 Å². The standard InChI is InChI=1S/C23H23N3O2/c1-26-15-18-10-6-5-9-17(18)13-19(26)14-24-22(27)20-11-12-21(25-23(20)28)16-7-3-2-4-8-16/h2-12,19H,13-15H2,1H3,(H,24,27)(H,25,28)/t19-/m0/s1. The highest BCUT2D eigenvalue weighted by Crippen LogP contribution is 2.21. The average molecular weight is 373 g/mol. The minimum atomic E-state index is -0.374. The molecule has 5 heteroatoms. The van der Waals surface area contributed by atoms with Crippen LogP contribution in [0.2, 0.25) is 0 Å². The zero-order valence-corrected chi connectivity index (χ0v) is 15.8. The minimum Gasteiger partial charge on any atom is -0.350 e. The number of benzene rings is 2. The number of likely N-dealkylation sites (N-methyl/N-ethyl adjacent to an activating group) is 1. The molecule has 2 aromatic carbocycles. The number of hydrogen-bond acceptors (Lipinski definition) is 3. The second-order valence-corrected chi connectivity index (χ2v) is 7.23. The van der Waals surface area contributed by atoms with Gasteiger partial charge in [-0.3, -0.25) is 14.5 Å². The molecule has 0 unspecified atom stereocenters. The highest BCUT2D eigenvalue weighted by molar-refractivity contribution is 5.94. The van der Waals surface area contributed by atoms with E-state index >= 15 is 0 Å². The molecule has 2 heterocycles. The quantitative estimate of drug-likeness (QED) is 0.739. The summed E-state index contributed by atoms with van der Waals surface area (Å²) in [5, 5.41) is 2.93. The third-order valence-electron chi connectivity index (χ3n) is 5.35. The van der Waals surface area contributed by atoms with Crippen LogP contribution in [-0.4, -0.2) is 35.4 Å². The topological polar surface area (TPSA) is 65.2 Å². The molecule has 4 rings (SSSR count). The number of nitrogens with one attached hydrogen (secondary N) is 2. The first kappa shape index (κ1) is 18.2. The van der Waals surface area contributed by atoms with Crippen LogP contribution >= 0.6 is 0 Å². The molecule has 3 aromatic rings. The van der Waals surface area contributed by atoms with Crippen molar-refractivity contribution < 1.29 is 4.79 Å². The van der Waals surface area contributed by atoms with E-state index in [0.29, 0.717) is 12.2 Å². The van der Waals surface area contributed by atoms with Gasteiger partial charge in [-0.2, -0.15) is 0 Å². The van der Waals surface area contributed by atoms with Crippen LogP contribution < -0.4 is 10.9 Å². The van der Waals surface area contributed by atoms with E-state index in [1.165, 1.54) is 11.1 Å². The van der Waals surface area contributed by atoms with Crippen LogP contribution in [0.1, 0.15) is 21.5 Å². The van der Waals surface area contributed by atoms with Gasteiger partial charge in [-0.25, -0.2) is 0 Å². The molecule has 1 amide bonds. The zero-order valence-electron chi connectivity index (χ0n) is 15.8. The molecule has 0 bridgehead atoms. The summed E-state index contributed by atoms with van der Waals surface area (Å²) in [6.07, 6.45) is 0.885. The van der Waals surface area contributed by atoms with E-state index in [-0.39, 0.29) is 23.1 Å². The van der Waals surface area contributed by atoms with Gasteiger partial charge in [-0.05, 0) is 42.3 Å². The van der Waals surface area contributed by atoms with Gasteiger partial charge >= 0.3 is 0 Å². The zero-order chi connectivity index (χ0) is 19.5. The number of aromatic nitrogens is 1. The number of carbonyl (C=O) groups excluding carboxylic acids is 1. The lowest BCUT2D eigenvalue weighted by molar-refractivity contribution is 0.0933. The van der Waals surface area contributed by atoms with Crippen molar-refractivity contribution in [1.29, 1.82) is 0 Å². The Morgan fingerprint density at radius 3 is 2.50 bits per heavy atom. The summed E-state index contributed by atoms with van der Waals surface area (Å²) >= 11 is 0. The van der Waals surface area contributed by atoms with E-state index in [2.05, 4.69) is 40.4 Å². The second kappa shape index (κ2) is 7.82. The Kier molecular flexibility index (Phi) is 5.08.